The van der Waals surface area contributed by atoms with Gasteiger partial charge in [-0.1, -0.05) is 0 Å². The van der Waals surface area contributed by atoms with Gasteiger partial charge in [-0.3, -0.25) is 9.59 Å². The number of nitrogens with one attached hydrogen (secondary N) is 2. The van der Waals surface area contributed by atoms with Gasteiger partial charge >= 0.3 is 11.9 Å². The van der Waals surface area contributed by atoms with Crippen molar-refractivity contribution in [2.24, 2.45) is 0 Å². The largest absolute Gasteiger partial charge is 0.462 e. The van der Waals surface area contributed by atoms with Crippen LogP contribution in [0.1, 0.15) is 37.5 Å². The van der Waals surface area contributed by atoms with E-state index in [1.165, 1.54) is 24.5 Å². The molecule has 154 valence electrons. The highest BCUT2D eigenvalue weighted by atomic mass is 32.1. The molecule has 0 saturated heterocycles. The van der Waals surface area contributed by atoms with E-state index in [1.54, 1.807) is 25.4 Å². The Labute approximate surface area is 174 Å². The zero-order valence-corrected chi connectivity index (χ0v) is 17.6. The van der Waals surface area contributed by atoms with E-state index in [2.05, 4.69) is 15.6 Å². The molecule has 9 nitrogen and oxygen atoms in total. The molecule has 0 saturated carbocycles. The van der Waals surface area contributed by atoms with Crippen LogP contribution in [0, 0.1) is 6.92 Å². The van der Waals surface area contributed by atoms with Crippen molar-refractivity contribution in [1.82, 2.24) is 10.3 Å². The second kappa shape index (κ2) is 10.5. The first kappa shape index (κ1) is 22.2. The molecule has 29 heavy (non-hydrogen) atoms. The summed E-state index contributed by atoms with van der Waals surface area (Å²) in [6.07, 6.45) is 4.23. The molecular weight excluding hydrogens is 418 g/mol. The SMILES string of the molecule is CCOC(=O)c1c(NC(=O)COC(=O)C=Cc2nccs2)sc(C(=O)NC)c1C. The van der Waals surface area contributed by atoms with Gasteiger partial charge in [-0.25, -0.2) is 14.6 Å². The monoisotopic (exact) mass is 437 g/mol. The van der Waals surface area contributed by atoms with Crippen LogP contribution in [-0.4, -0.2) is 49.0 Å². The molecular formula is C18H19N3O6S2. The number of aromatic nitrogens is 1. The number of thiophene rings is 1. The predicted molar refractivity (Wildman–Crippen MR) is 109 cm³/mol. The molecule has 2 aromatic heterocycles. The molecule has 0 aliphatic rings. The Bertz CT molecular complexity index is 934. The van der Waals surface area contributed by atoms with Gasteiger partial charge in [0.05, 0.1) is 17.0 Å². The third-order valence-corrected chi connectivity index (χ3v) is 5.42. The third kappa shape index (κ3) is 5.96. The normalized spacial score (nSPS) is 10.6. The lowest BCUT2D eigenvalue weighted by molar-refractivity contribution is -0.142. The molecule has 0 aliphatic carbocycles. The fourth-order valence-corrected chi connectivity index (χ4v) is 3.87. The number of ether oxygens (including phenoxy) is 2. The smallest absolute Gasteiger partial charge is 0.341 e. The van der Waals surface area contributed by atoms with E-state index in [-0.39, 0.29) is 22.0 Å². The molecule has 2 aromatic rings. The van der Waals surface area contributed by atoms with E-state index in [1.807, 2.05) is 0 Å². The van der Waals surface area contributed by atoms with Gasteiger partial charge in [-0.2, -0.15) is 0 Å². The quantitative estimate of drug-likeness (QED) is 0.479. The second-order valence-electron chi connectivity index (χ2n) is 5.42. The predicted octanol–water partition coefficient (Wildman–Crippen LogP) is 2.24. The summed E-state index contributed by atoms with van der Waals surface area (Å²) in [5.74, 6) is -2.42. The number of hydrogen-bond donors (Lipinski definition) is 2. The minimum Gasteiger partial charge on any atom is -0.462 e. The van der Waals surface area contributed by atoms with Gasteiger partial charge in [0.2, 0.25) is 0 Å². The Kier molecular flexibility index (Phi) is 8.04. The van der Waals surface area contributed by atoms with Crippen molar-refractivity contribution >= 4 is 57.5 Å². The summed E-state index contributed by atoms with van der Waals surface area (Å²) >= 11 is 2.28. The van der Waals surface area contributed by atoms with E-state index >= 15 is 0 Å². The van der Waals surface area contributed by atoms with Crippen molar-refractivity contribution in [3.05, 3.63) is 38.7 Å². The Morgan fingerprint density at radius 3 is 2.62 bits per heavy atom. The van der Waals surface area contributed by atoms with Crippen molar-refractivity contribution in [2.45, 2.75) is 13.8 Å². The summed E-state index contributed by atoms with van der Waals surface area (Å²) in [5.41, 5.74) is 0.491. The molecule has 2 N–H and O–H groups in total. The van der Waals surface area contributed by atoms with Crippen LogP contribution < -0.4 is 10.6 Å². The number of esters is 2. The maximum absolute atomic E-state index is 12.3. The van der Waals surface area contributed by atoms with Crippen molar-refractivity contribution in [3.63, 3.8) is 0 Å². The average Bonchev–Trinajstić information content (AvgIpc) is 3.32. The summed E-state index contributed by atoms with van der Waals surface area (Å²) < 4.78 is 9.88. The Hall–Kier alpha value is -3.05. The fourth-order valence-electron chi connectivity index (χ4n) is 2.18. The maximum Gasteiger partial charge on any atom is 0.341 e. The molecule has 0 bridgehead atoms. The van der Waals surface area contributed by atoms with Crippen LogP contribution in [0.15, 0.2) is 17.7 Å². The molecule has 0 aliphatic heterocycles. The average molecular weight is 437 g/mol. The molecule has 0 spiro atoms. The molecule has 0 aromatic carbocycles. The minimum absolute atomic E-state index is 0.0961. The highest BCUT2D eigenvalue weighted by Crippen LogP contribution is 2.33. The third-order valence-electron chi connectivity index (χ3n) is 3.47. The molecule has 0 radical (unpaired) electrons. The number of rotatable bonds is 8. The van der Waals surface area contributed by atoms with Crippen molar-refractivity contribution in [3.8, 4) is 0 Å². The van der Waals surface area contributed by atoms with Crippen LogP contribution in [0.4, 0.5) is 5.00 Å². The van der Waals surface area contributed by atoms with Crippen LogP contribution >= 0.6 is 22.7 Å². The van der Waals surface area contributed by atoms with Gasteiger partial charge in [0, 0.05) is 24.7 Å². The van der Waals surface area contributed by atoms with Crippen LogP contribution in [0.2, 0.25) is 0 Å². The number of thiazole rings is 1. The molecule has 11 heteroatoms. The lowest BCUT2D eigenvalue weighted by Crippen LogP contribution is -2.21. The van der Waals surface area contributed by atoms with Gasteiger partial charge < -0.3 is 20.1 Å². The van der Waals surface area contributed by atoms with Gasteiger partial charge in [0.15, 0.2) is 6.61 Å². The summed E-state index contributed by atoms with van der Waals surface area (Å²) in [6, 6.07) is 0. The zero-order chi connectivity index (χ0) is 21.4. The molecule has 2 rings (SSSR count). The highest BCUT2D eigenvalue weighted by Gasteiger charge is 2.26. The zero-order valence-electron chi connectivity index (χ0n) is 15.9. The van der Waals surface area contributed by atoms with Crippen LogP contribution in [-0.2, 0) is 19.1 Å². The van der Waals surface area contributed by atoms with Crippen molar-refractivity contribution < 1.29 is 28.7 Å². The van der Waals surface area contributed by atoms with Gasteiger partial charge in [-0.15, -0.1) is 22.7 Å². The minimum atomic E-state index is -0.714. The highest BCUT2D eigenvalue weighted by molar-refractivity contribution is 7.18. The van der Waals surface area contributed by atoms with E-state index in [0.717, 1.165) is 17.4 Å². The summed E-state index contributed by atoms with van der Waals surface area (Å²) in [4.78, 5) is 52.4. The number of nitrogens with zero attached hydrogens (tertiary/aromatic N) is 1. The molecule has 0 atom stereocenters. The van der Waals surface area contributed by atoms with Gasteiger partial charge in [0.1, 0.15) is 10.0 Å². The van der Waals surface area contributed by atoms with Gasteiger partial charge in [0.25, 0.3) is 11.8 Å². The second-order valence-corrected chi connectivity index (χ2v) is 7.37. The topological polar surface area (TPSA) is 124 Å². The number of hydrogen-bond acceptors (Lipinski definition) is 9. The Morgan fingerprint density at radius 1 is 1.24 bits per heavy atom. The maximum atomic E-state index is 12.3. The lowest BCUT2D eigenvalue weighted by Gasteiger charge is -2.07. The summed E-state index contributed by atoms with van der Waals surface area (Å²) in [7, 11) is 1.46. The van der Waals surface area contributed by atoms with E-state index in [4.69, 9.17) is 9.47 Å². The summed E-state index contributed by atoms with van der Waals surface area (Å²) in [6.45, 7) is 2.82. The van der Waals surface area contributed by atoms with E-state index < -0.39 is 30.4 Å². The Morgan fingerprint density at radius 2 is 2.00 bits per heavy atom. The standard InChI is InChI=1S/C18H19N3O6S2/c1-4-26-18(25)14-10(2)15(16(24)19-3)29-17(14)21-11(22)9-27-13(23)6-5-12-20-7-8-28-12/h5-8H,4,9H2,1-3H3,(H,19,24)(H,21,22). The fraction of sp³-hybridized carbons (Fsp3) is 0.278. The first-order valence-corrected chi connectivity index (χ1v) is 10.1. The first-order valence-electron chi connectivity index (χ1n) is 8.44. The van der Waals surface area contributed by atoms with E-state index in [0.29, 0.717) is 10.6 Å². The van der Waals surface area contributed by atoms with E-state index in [9.17, 15) is 19.2 Å². The molecule has 2 amide bonds. The van der Waals surface area contributed by atoms with Gasteiger partial charge in [-0.05, 0) is 25.5 Å². The summed E-state index contributed by atoms with van der Waals surface area (Å²) in [5, 5.41) is 7.52. The number of anilines is 1. The van der Waals surface area contributed by atoms with Crippen LogP contribution in [0.25, 0.3) is 6.08 Å². The van der Waals surface area contributed by atoms with Crippen LogP contribution in [0.3, 0.4) is 0 Å². The number of amides is 2. The Balaban J connectivity index is 2.07. The number of carbonyl (C=O) groups is 4. The lowest BCUT2D eigenvalue weighted by atomic mass is 10.1. The number of carbonyl (C=O) groups excluding carboxylic acids is 4. The van der Waals surface area contributed by atoms with Crippen LogP contribution in [0.5, 0.6) is 0 Å². The van der Waals surface area contributed by atoms with Crippen molar-refractivity contribution in [1.29, 1.82) is 0 Å². The first-order chi connectivity index (χ1) is 13.9. The molecule has 0 unspecified atom stereocenters. The molecule has 2 heterocycles. The van der Waals surface area contributed by atoms with Crippen molar-refractivity contribution in [2.75, 3.05) is 25.6 Å². The molecule has 0 fully saturated rings.